The summed E-state index contributed by atoms with van der Waals surface area (Å²) in [7, 11) is 3.10. The number of hydrogen-bond donors (Lipinski definition) is 6. The van der Waals surface area contributed by atoms with Gasteiger partial charge in [0.1, 0.15) is 6.10 Å². The number of amides is 5. The standard InChI is InChI=1S/C48H74N6O12S/c1-30-24-33(4)43(66-45(49)59)38(62-8)13-11-12-32(3)44(58)52-36-28-37(55)41(35(42(36)57)27-31(2)26-34(25-30)61-7)51-17-19-64-21-23-65-22-20-63-18-16-50-40(56)15-10-9-14-39-48(6)47(5,29-67-39)53-46(60)54-48/h11-13,24,28,30-31,34,38-39,43,51H,9-10,14-23,25-27,29H2,1-8H3,(H2,49,59)(H,50,56)(H,52,58)(H2,53,54,60)/b13-11-,32-12+,33-24+/t30-,31-,34+,38-,39?,43-,47?,48?/m0/s1. The Hall–Kier alpha value is -4.53. The van der Waals surface area contributed by atoms with E-state index in [9.17, 15) is 28.8 Å². The number of allylic oxidation sites excluding steroid dienone is 5. The maximum Gasteiger partial charge on any atom is 0.405 e. The summed E-state index contributed by atoms with van der Waals surface area (Å²) in [5, 5.41) is 15.1. The number of thioether (sulfide) groups is 1. The summed E-state index contributed by atoms with van der Waals surface area (Å²) in [4.78, 5) is 77.0. The molecule has 67 heavy (non-hydrogen) atoms. The molecular weight excluding hydrogens is 885 g/mol. The lowest BCUT2D eigenvalue weighted by molar-refractivity contribution is -0.121. The van der Waals surface area contributed by atoms with E-state index >= 15 is 0 Å². The summed E-state index contributed by atoms with van der Waals surface area (Å²) in [6, 6.07) is -0.108. The van der Waals surface area contributed by atoms with Gasteiger partial charge in [0, 0.05) is 62.0 Å². The van der Waals surface area contributed by atoms with Gasteiger partial charge in [-0.2, -0.15) is 11.8 Å². The molecule has 4 aliphatic rings. The van der Waals surface area contributed by atoms with Gasteiger partial charge in [-0.05, 0) is 77.2 Å². The van der Waals surface area contributed by atoms with Crippen LogP contribution in [0.2, 0.25) is 0 Å². The SMILES string of the molecule is CO[C@H]1C[C@H](C)CC2=C(NCCOCCOCCOCCNC(=O)CCCCC3SCC4(C)NC(=O)NC34C)C(=O)C=C(NC(=O)/C(C)=C/C=C\[C@H](OC)[C@@H](OC(N)=O)/C(C)=C/[C@H](C)C1)C2=O. The van der Waals surface area contributed by atoms with Crippen molar-refractivity contribution in [1.82, 2.24) is 26.6 Å². The van der Waals surface area contributed by atoms with Crippen molar-refractivity contribution in [1.29, 1.82) is 0 Å². The molecule has 0 radical (unpaired) electrons. The minimum atomic E-state index is -0.954. The molecule has 2 saturated heterocycles. The largest absolute Gasteiger partial charge is 0.439 e. The molecule has 0 spiro atoms. The van der Waals surface area contributed by atoms with Crippen molar-refractivity contribution in [2.24, 2.45) is 17.6 Å². The first-order valence-corrected chi connectivity index (χ1v) is 24.3. The molecule has 3 unspecified atom stereocenters. The zero-order valence-corrected chi connectivity index (χ0v) is 41.4. The van der Waals surface area contributed by atoms with Crippen LogP contribution in [0.1, 0.15) is 86.5 Å². The molecule has 18 nitrogen and oxygen atoms in total. The number of rotatable bonds is 21. The number of carbonyl (C=O) groups is 6. The molecule has 0 aromatic carbocycles. The van der Waals surface area contributed by atoms with Crippen molar-refractivity contribution in [3.05, 3.63) is 58.5 Å². The van der Waals surface area contributed by atoms with Crippen LogP contribution in [0.15, 0.2) is 58.5 Å². The number of primary amides is 1. The number of nitrogens with two attached hydrogens (primary N) is 1. The summed E-state index contributed by atoms with van der Waals surface area (Å²) in [5.41, 5.74) is 6.17. The normalized spacial score (nSPS) is 30.5. The Balaban J connectivity index is 1.19. The van der Waals surface area contributed by atoms with Gasteiger partial charge < -0.3 is 60.7 Å². The predicted octanol–water partition coefficient (Wildman–Crippen LogP) is 4.05. The molecule has 4 rings (SSSR count). The molecule has 5 amide bonds. The van der Waals surface area contributed by atoms with Gasteiger partial charge in [-0.25, -0.2) is 9.59 Å². The lowest BCUT2D eigenvalue weighted by Gasteiger charge is -2.35. The fourth-order valence-corrected chi connectivity index (χ4v) is 10.7. The van der Waals surface area contributed by atoms with Crippen LogP contribution < -0.4 is 32.3 Å². The second-order valence-corrected chi connectivity index (χ2v) is 19.3. The molecule has 8 atom stereocenters. The van der Waals surface area contributed by atoms with Gasteiger partial charge >= 0.3 is 12.1 Å². The Morgan fingerprint density at radius 1 is 0.910 bits per heavy atom. The van der Waals surface area contributed by atoms with Gasteiger partial charge in [0.25, 0.3) is 5.91 Å². The maximum absolute atomic E-state index is 14.0. The average molecular weight is 959 g/mol. The third-order valence-corrected chi connectivity index (χ3v) is 14.6. The summed E-state index contributed by atoms with van der Waals surface area (Å²) in [5.74, 6) is -0.721. The smallest absolute Gasteiger partial charge is 0.405 e. The van der Waals surface area contributed by atoms with Crippen LogP contribution in [0.4, 0.5) is 9.59 Å². The van der Waals surface area contributed by atoms with E-state index in [0.29, 0.717) is 64.1 Å². The topological polar surface area (TPSA) is 244 Å². The van der Waals surface area contributed by atoms with Gasteiger partial charge in [-0.15, -0.1) is 0 Å². The van der Waals surface area contributed by atoms with Gasteiger partial charge in [0.2, 0.25) is 17.5 Å². The molecule has 3 heterocycles. The highest BCUT2D eigenvalue weighted by molar-refractivity contribution is 8.00. The molecular formula is C48H74N6O12S. The van der Waals surface area contributed by atoms with Gasteiger partial charge in [0.05, 0.1) is 68.2 Å². The number of fused-ring (bicyclic) bond motifs is 3. The molecule has 2 bridgehead atoms. The number of unbranched alkanes of at least 4 members (excludes halogenated alkanes) is 1. The molecule has 0 saturated carbocycles. The molecule has 0 aromatic heterocycles. The molecule has 7 N–H and O–H groups in total. The van der Waals surface area contributed by atoms with Crippen molar-refractivity contribution in [2.75, 3.05) is 72.7 Å². The summed E-state index contributed by atoms with van der Waals surface area (Å²) >= 11 is 1.88. The highest BCUT2D eigenvalue weighted by Crippen LogP contribution is 2.47. The first-order valence-electron chi connectivity index (χ1n) is 23.3. The van der Waals surface area contributed by atoms with Crippen LogP contribution in [0.3, 0.4) is 0 Å². The minimum Gasteiger partial charge on any atom is -0.439 e. The van der Waals surface area contributed by atoms with E-state index in [-0.39, 0.29) is 83.1 Å². The van der Waals surface area contributed by atoms with E-state index < -0.39 is 35.8 Å². The number of carbonyl (C=O) groups excluding carboxylic acids is 6. The van der Waals surface area contributed by atoms with E-state index in [4.69, 9.17) is 34.2 Å². The van der Waals surface area contributed by atoms with Crippen LogP contribution in [-0.4, -0.2) is 143 Å². The number of ketones is 2. The number of hydrogen-bond acceptors (Lipinski definition) is 14. The Morgan fingerprint density at radius 2 is 1.60 bits per heavy atom. The Kier molecular flexibility index (Phi) is 22.1. The van der Waals surface area contributed by atoms with E-state index in [1.54, 1.807) is 26.2 Å². The van der Waals surface area contributed by atoms with Crippen LogP contribution in [0, 0.1) is 11.8 Å². The monoisotopic (exact) mass is 959 g/mol. The molecule has 3 aliphatic heterocycles. The van der Waals surface area contributed by atoms with E-state index in [2.05, 4.69) is 40.4 Å². The second-order valence-electron chi connectivity index (χ2n) is 18.2. The molecule has 0 aromatic rings. The van der Waals surface area contributed by atoms with Crippen molar-refractivity contribution >= 4 is 47.3 Å². The predicted molar refractivity (Wildman–Crippen MR) is 255 cm³/mol. The van der Waals surface area contributed by atoms with E-state index in [0.717, 1.165) is 36.7 Å². The third-order valence-electron chi connectivity index (χ3n) is 12.7. The third kappa shape index (κ3) is 16.3. The molecule has 374 valence electrons. The quantitative estimate of drug-likeness (QED) is 0.0412. The minimum absolute atomic E-state index is 0.00873. The first kappa shape index (κ1) is 55.1. The fourth-order valence-electron chi connectivity index (χ4n) is 8.79. The lowest BCUT2D eigenvalue weighted by atomic mass is 9.79. The zero-order chi connectivity index (χ0) is 49.1. The molecule has 2 fully saturated rings. The first-order chi connectivity index (χ1) is 31.9. The average Bonchev–Trinajstić information content (AvgIpc) is 3.65. The van der Waals surface area contributed by atoms with Crippen LogP contribution in [-0.2, 0) is 47.6 Å². The van der Waals surface area contributed by atoms with E-state index in [1.807, 2.05) is 38.6 Å². The van der Waals surface area contributed by atoms with Crippen LogP contribution >= 0.6 is 11.8 Å². The van der Waals surface area contributed by atoms with E-state index in [1.165, 1.54) is 13.2 Å². The maximum atomic E-state index is 14.0. The number of nitrogens with one attached hydrogen (secondary N) is 5. The van der Waals surface area contributed by atoms with Crippen molar-refractivity contribution in [2.45, 2.75) is 121 Å². The Labute approximate surface area is 399 Å². The molecule has 1 aliphatic carbocycles. The van der Waals surface area contributed by atoms with Gasteiger partial charge in [0.15, 0.2) is 6.10 Å². The lowest BCUT2D eigenvalue weighted by Crippen LogP contribution is -2.58. The van der Waals surface area contributed by atoms with Gasteiger partial charge in [-0.3, -0.25) is 19.2 Å². The number of methoxy groups -OCH3 is 2. The van der Waals surface area contributed by atoms with Crippen molar-refractivity contribution < 1.29 is 57.2 Å². The number of Topliss-reactive ketones (excluding diaryl/α,β-unsaturated/α-hetero) is 1. The highest BCUT2D eigenvalue weighted by Gasteiger charge is 2.60. The van der Waals surface area contributed by atoms with Crippen LogP contribution in [0.25, 0.3) is 0 Å². The summed E-state index contributed by atoms with van der Waals surface area (Å²) in [6.07, 6.45) is 9.67. The van der Waals surface area contributed by atoms with Crippen molar-refractivity contribution in [3.8, 4) is 0 Å². The van der Waals surface area contributed by atoms with Crippen molar-refractivity contribution in [3.63, 3.8) is 0 Å². The summed E-state index contributed by atoms with van der Waals surface area (Å²) < 4.78 is 33.9. The summed E-state index contributed by atoms with van der Waals surface area (Å²) in [6.45, 7) is 14.2. The second kappa shape index (κ2) is 26.9. The zero-order valence-electron chi connectivity index (χ0n) is 40.5. The number of ether oxygens (including phenoxy) is 6. The highest BCUT2D eigenvalue weighted by atomic mass is 32.2. The van der Waals surface area contributed by atoms with Gasteiger partial charge in [-0.1, -0.05) is 44.6 Å². The molecule has 19 heteroatoms. The number of urea groups is 1. The fraction of sp³-hybridized carbons (Fsp3) is 0.667. The van der Waals surface area contributed by atoms with Crippen LogP contribution in [0.5, 0.6) is 0 Å². The Morgan fingerprint density at radius 3 is 2.27 bits per heavy atom. The Bertz CT molecular complexity index is 1920.